The van der Waals surface area contributed by atoms with Crippen molar-refractivity contribution in [3.63, 3.8) is 0 Å². The van der Waals surface area contributed by atoms with Crippen molar-refractivity contribution in [3.05, 3.63) is 29.8 Å². The Morgan fingerprint density at radius 1 is 1.16 bits per heavy atom. The summed E-state index contributed by atoms with van der Waals surface area (Å²) in [5.74, 6) is 0.190. The van der Waals surface area contributed by atoms with Gasteiger partial charge in [-0.25, -0.2) is 0 Å². The highest BCUT2D eigenvalue weighted by molar-refractivity contribution is 5.94. The summed E-state index contributed by atoms with van der Waals surface area (Å²) in [6.07, 6.45) is 4.68. The molecule has 0 aliphatic carbocycles. The first-order valence-corrected chi connectivity index (χ1v) is 8.95. The third-order valence-corrected chi connectivity index (χ3v) is 5.56. The first kappa shape index (κ1) is 22.1. The molecule has 4 nitrogen and oxygen atoms in total. The van der Waals surface area contributed by atoms with Gasteiger partial charge >= 0.3 is 0 Å². The molecule has 1 aromatic rings. The minimum absolute atomic E-state index is 0. The van der Waals surface area contributed by atoms with Crippen molar-refractivity contribution in [2.75, 3.05) is 44.7 Å². The van der Waals surface area contributed by atoms with Gasteiger partial charge in [0.25, 0.3) is 5.91 Å². The van der Waals surface area contributed by atoms with Gasteiger partial charge in [0, 0.05) is 44.5 Å². The summed E-state index contributed by atoms with van der Waals surface area (Å²) in [6, 6.07) is 8.08. The Kier molecular flexibility index (Phi) is 8.52. The number of carbonyl (C=O) groups excluding carboxylic acids is 1. The van der Waals surface area contributed by atoms with Crippen molar-refractivity contribution in [2.45, 2.75) is 32.6 Å². The zero-order chi connectivity index (χ0) is 16.3. The SMILES string of the molecule is CCCN(C)c1ccc(C(=O)N2CCC3(CCNC3)CC2)cc1.Cl.Cl. The van der Waals surface area contributed by atoms with Crippen molar-refractivity contribution >= 4 is 36.4 Å². The van der Waals surface area contributed by atoms with Gasteiger partial charge in [-0.2, -0.15) is 0 Å². The molecular formula is C19H31Cl2N3O. The first-order chi connectivity index (χ1) is 11.1. The quantitative estimate of drug-likeness (QED) is 0.856. The van der Waals surface area contributed by atoms with E-state index in [0.717, 1.165) is 57.5 Å². The number of nitrogens with one attached hydrogen (secondary N) is 1. The van der Waals surface area contributed by atoms with E-state index in [1.54, 1.807) is 0 Å². The number of halogens is 2. The minimum Gasteiger partial charge on any atom is -0.375 e. The van der Waals surface area contributed by atoms with Gasteiger partial charge in [-0.3, -0.25) is 4.79 Å². The van der Waals surface area contributed by atoms with Crippen LogP contribution in [0.25, 0.3) is 0 Å². The Labute approximate surface area is 164 Å². The van der Waals surface area contributed by atoms with Crippen LogP contribution in [0.3, 0.4) is 0 Å². The lowest BCUT2D eigenvalue weighted by molar-refractivity contribution is 0.0607. The number of piperidine rings is 1. The number of likely N-dealkylation sites (tertiary alicyclic amines) is 1. The fourth-order valence-electron chi connectivity index (χ4n) is 3.91. The molecule has 0 atom stereocenters. The molecule has 0 bridgehead atoms. The minimum atomic E-state index is 0. The van der Waals surface area contributed by atoms with Crippen molar-refractivity contribution in [2.24, 2.45) is 5.41 Å². The molecule has 0 radical (unpaired) electrons. The molecule has 3 rings (SSSR count). The highest BCUT2D eigenvalue weighted by atomic mass is 35.5. The van der Waals surface area contributed by atoms with Crippen molar-refractivity contribution in [1.82, 2.24) is 10.2 Å². The van der Waals surface area contributed by atoms with Crippen molar-refractivity contribution in [1.29, 1.82) is 0 Å². The predicted octanol–water partition coefficient (Wildman–Crippen LogP) is 3.59. The van der Waals surface area contributed by atoms with E-state index in [0.29, 0.717) is 5.41 Å². The van der Waals surface area contributed by atoms with E-state index in [-0.39, 0.29) is 30.7 Å². The largest absolute Gasteiger partial charge is 0.375 e. The third-order valence-electron chi connectivity index (χ3n) is 5.56. The van der Waals surface area contributed by atoms with Gasteiger partial charge in [0.1, 0.15) is 0 Å². The molecule has 2 fully saturated rings. The zero-order valence-corrected chi connectivity index (χ0v) is 16.9. The molecular weight excluding hydrogens is 357 g/mol. The second-order valence-electron chi connectivity index (χ2n) is 7.19. The third kappa shape index (κ3) is 5.02. The summed E-state index contributed by atoms with van der Waals surface area (Å²) in [7, 11) is 2.10. The van der Waals surface area contributed by atoms with Gasteiger partial charge in [-0.15, -0.1) is 24.8 Å². The lowest BCUT2D eigenvalue weighted by Crippen LogP contribution is -2.44. The maximum Gasteiger partial charge on any atom is 0.253 e. The zero-order valence-electron chi connectivity index (χ0n) is 15.3. The van der Waals surface area contributed by atoms with Gasteiger partial charge in [0.05, 0.1) is 0 Å². The molecule has 142 valence electrons. The number of rotatable bonds is 4. The number of hydrogen-bond donors (Lipinski definition) is 1. The molecule has 2 aliphatic heterocycles. The molecule has 1 aromatic carbocycles. The molecule has 2 aliphatic rings. The van der Waals surface area contributed by atoms with Crippen LogP contribution in [0.4, 0.5) is 5.69 Å². The van der Waals surface area contributed by atoms with E-state index in [1.165, 1.54) is 12.1 Å². The Morgan fingerprint density at radius 2 is 1.80 bits per heavy atom. The standard InChI is InChI=1S/C19H29N3O.2ClH/c1-3-12-21(2)17-6-4-16(5-7-17)18(23)22-13-9-19(10-14-22)8-11-20-15-19;;/h4-7,20H,3,8-15H2,1-2H3;2*1H. The second kappa shape index (κ2) is 9.65. The van der Waals surface area contributed by atoms with E-state index in [4.69, 9.17) is 0 Å². The molecule has 2 saturated heterocycles. The molecule has 6 heteroatoms. The van der Waals surface area contributed by atoms with Crippen LogP contribution >= 0.6 is 24.8 Å². The van der Waals surface area contributed by atoms with Crippen LogP contribution in [0.1, 0.15) is 43.0 Å². The van der Waals surface area contributed by atoms with Crippen LogP contribution in [0.5, 0.6) is 0 Å². The predicted molar refractivity (Wildman–Crippen MR) is 110 cm³/mol. The maximum absolute atomic E-state index is 12.7. The monoisotopic (exact) mass is 387 g/mol. The second-order valence-corrected chi connectivity index (χ2v) is 7.19. The molecule has 1 N–H and O–H groups in total. The van der Waals surface area contributed by atoms with Gasteiger partial charge in [-0.05, 0) is 61.9 Å². The smallest absolute Gasteiger partial charge is 0.253 e. The molecule has 0 saturated carbocycles. The highest BCUT2D eigenvalue weighted by Gasteiger charge is 2.38. The number of carbonyl (C=O) groups is 1. The molecule has 0 aromatic heterocycles. The van der Waals surface area contributed by atoms with Crippen molar-refractivity contribution < 1.29 is 4.79 Å². The molecule has 25 heavy (non-hydrogen) atoms. The highest BCUT2D eigenvalue weighted by Crippen LogP contribution is 2.37. The summed E-state index contributed by atoms with van der Waals surface area (Å²) >= 11 is 0. The topological polar surface area (TPSA) is 35.6 Å². The van der Waals surface area contributed by atoms with Crippen LogP contribution < -0.4 is 10.2 Å². The summed E-state index contributed by atoms with van der Waals surface area (Å²) in [4.78, 5) is 17.0. The lowest BCUT2D eigenvalue weighted by atomic mass is 9.78. The normalized spacial score (nSPS) is 18.4. The van der Waals surface area contributed by atoms with Gasteiger partial charge in [0.2, 0.25) is 0 Å². The number of nitrogens with zero attached hydrogens (tertiary/aromatic N) is 2. The van der Waals surface area contributed by atoms with Crippen LogP contribution in [0.2, 0.25) is 0 Å². The van der Waals surface area contributed by atoms with E-state index in [9.17, 15) is 4.79 Å². The fraction of sp³-hybridized carbons (Fsp3) is 0.632. The molecule has 0 unspecified atom stereocenters. The summed E-state index contributed by atoms with van der Waals surface area (Å²) < 4.78 is 0. The first-order valence-electron chi connectivity index (χ1n) is 8.95. The van der Waals surface area contributed by atoms with Crippen LogP contribution in [0, 0.1) is 5.41 Å². The summed E-state index contributed by atoms with van der Waals surface area (Å²) in [5, 5.41) is 3.48. The van der Waals surface area contributed by atoms with E-state index < -0.39 is 0 Å². The molecule has 2 heterocycles. The Balaban J connectivity index is 0.00000156. The van der Waals surface area contributed by atoms with Gasteiger partial charge < -0.3 is 15.1 Å². The number of anilines is 1. The van der Waals surface area contributed by atoms with Crippen LogP contribution in [-0.2, 0) is 0 Å². The average Bonchev–Trinajstić information content (AvgIpc) is 3.03. The van der Waals surface area contributed by atoms with Crippen LogP contribution in [0.15, 0.2) is 24.3 Å². The number of benzene rings is 1. The Morgan fingerprint density at radius 3 is 2.32 bits per heavy atom. The summed E-state index contributed by atoms with van der Waals surface area (Å²) in [5.41, 5.74) is 2.46. The Bertz CT molecular complexity index is 534. The number of amides is 1. The van der Waals surface area contributed by atoms with Crippen LogP contribution in [-0.4, -0.2) is 50.6 Å². The van der Waals surface area contributed by atoms with E-state index >= 15 is 0 Å². The van der Waals surface area contributed by atoms with Gasteiger partial charge in [0.15, 0.2) is 0 Å². The lowest BCUT2D eigenvalue weighted by Gasteiger charge is -2.39. The fourth-order valence-corrected chi connectivity index (χ4v) is 3.91. The summed E-state index contributed by atoms with van der Waals surface area (Å²) in [6.45, 7) is 7.29. The Hall–Kier alpha value is -0.970. The van der Waals surface area contributed by atoms with E-state index in [2.05, 4.69) is 36.3 Å². The average molecular weight is 388 g/mol. The molecule has 1 spiro atoms. The molecule has 1 amide bonds. The van der Waals surface area contributed by atoms with Crippen molar-refractivity contribution in [3.8, 4) is 0 Å². The maximum atomic E-state index is 12.7. The van der Waals surface area contributed by atoms with E-state index in [1.807, 2.05) is 17.0 Å². The van der Waals surface area contributed by atoms with Gasteiger partial charge in [-0.1, -0.05) is 6.92 Å². The number of hydrogen-bond acceptors (Lipinski definition) is 3.